The molecule has 3 N–H and O–H groups in total. The normalized spacial score (nSPS) is 15.5. The number of phenolic OH excluding ortho intramolecular Hbond substituents is 1. The van der Waals surface area contributed by atoms with E-state index in [9.17, 15) is 14.7 Å². The molecule has 0 heterocycles. The second kappa shape index (κ2) is 6.22. The van der Waals surface area contributed by atoms with Crippen LogP contribution in [0.2, 0.25) is 0 Å². The van der Waals surface area contributed by atoms with Crippen LogP contribution in [0.4, 0.5) is 10.5 Å². The third kappa shape index (κ3) is 4.10. The topological polar surface area (TPSA) is 105 Å². The van der Waals surface area contributed by atoms with E-state index < -0.39 is 23.1 Å². The Hall–Kier alpha value is -2.44. The van der Waals surface area contributed by atoms with Crippen molar-refractivity contribution in [2.45, 2.75) is 51.0 Å². The molecule has 1 amide bonds. The van der Waals surface area contributed by atoms with E-state index in [-0.39, 0.29) is 23.6 Å². The van der Waals surface area contributed by atoms with Crippen LogP contribution in [0.15, 0.2) is 12.1 Å². The van der Waals surface area contributed by atoms with Crippen molar-refractivity contribution in [1.29, 1.82) is 0 Å². The Bertz CT molecular complexity index is 658. The molecule has 7 nitrogen and oxygen atoms in total. The first kappa shape index (κ1) is 17.9. The second-order valence-corrected chi connectivity index (χ2v) is 7.05. The number of aromatic hydroxyl groups is 1. The first-order valence-corrected chi connectivity index (χ1v) is 7.69. The Morgan fingerprint density at radius 2 is 1.92 bits per heavy atom. The molecule has 1 aliphatic rings. The summed E-state index contributed by atoms with van der Waals surface area (Å²) in [6, 6.07) is 3.20. The molecule has 1 saturated carbocycles. The van der Waals surface area contributed by atoms with Gasteiger partial charge in [0.25, 0.3) is 0 Å². The molecule has 1 aromatic rings. The Balaban J connectivity index is 2.33. The zero-order valence-corrected chi connectivity index (χ0v) is 14.3. The zero-order valence-electron chi connectivity index (χ0n) is 14.3. The van der Waals surface area contributed by atoms with Gasteiger partial charge in [0, 0.05) is 5.41 Å². The average Bonchev–Trinajstić information content (AvgIpc) is 3.18. The van der Waals surface area contributed by atoms with E-state index >= 15 is 0 Å². The fourth-order valence-electron chi connectivity index (χ4n) is 2.59. The SMILES string of the molecule is COc1cc(C2(CC(=O)O)CC2)cc(NC(=O)OC(C)(C)C)c1O. The Kier molecular flexibility index (Phi) is 4.64. The number of methoxy groups -OCH3 is 1. The average molecular weight is 337 g/mol. The van der Waals surface area contributed by atoms with Crippen LogP contribution in [0.1, 0.15) is 45.6 Å². The monoisotopic (exact) mass is 337 g/mol. The van der Waals surface area contributed by atoms with Gasteiger partial charge in [-0.2, -0.15) is 0 Å². The van der Waals surface area contributed by atoms with Crippen molar-refractivity contribution >= 4 is 17.7 Å². The molecule has 1 fully saturated rings. The fraction of sp³-hybridized carbons (Fsp3) is 0.529. The van der Waals surface area contributed by atoms with E-state index in [4.69, 9.17) is 14.6 Å². The highest BCUT2D eigenvalue weighted by atomic mass is 16.6. The van der Waals surface area contributed by atoms with Crippen molar-refractivity contribution in [3.05, 3.63) is 17.7 Å². The number of nitrogens with one attached hydrogen (secondary N) is 1. The second-order valence-electron chi connectivity index (χ2n) is 7.05. The van der Waals surface area contributed by atoms with E-state index in [1.54, 1.807) is 32.9 Å². The number of carboxylic acid groups (broad SMARTS) is 1. The summed E-state index contributed by atoms with van der Waals surface area (Å²) in [5, 5.41) is 21.8. The van der Waals surface area contributed by atoms with Gasteiger partial charge in [0.15, 0.2) is 11.5 Å². The lowest BCUT2D eigenvalue weighted by molar-refractivity contribution is -0.137. The van der Waals surface area contributed by atoms with E-state index in [1.165, 1.54) is 7.11 Å². The van der Waals surface area contributed by atoms with Crippen molar-refractivity contribution in [3.63, 3.8) is 0 Å². The number of amides is 1. The molecule has 1 aliphatic carbocycles. The third-order valence-electron chi connectivity index (χ3n) is 3.89. The lowest BCUT2D eigenvalue weighted by Crippen LogP contribution is -2.27. The van der Waals surface area contributed by atoms with Gasteiger partial charge in [-0.05, 0) is 51.3 Å². The number of ether oxygens (including phenoxy) is 2. The van der Waals surface area contributed by atoms with Gasteiger partial charge in [-0.1, -0.05) is 0 Å². The number of phenols is 1. The lowest BCUT2D eigenvalue weighted by Gasteiger charge is -2.21. The van der Waals surface area contributed by atoms with Gasteiger partial charge in [-0.3, -0.25) is 10.1 Å². The van der Waals surface area contributed by atoms with E-state index in [2.05, 4.69) is 5.32 Å². The van der Waals surface area contributed by atoms with Crippen LogP contribution in [-0.2, 0) is 14.9 Å². The number of carbonyl (C=O) groups excluding carboxylic acids is 1. The number of rotatable bonds is 5. The summed E-state index contributed by atoms with van der Waals surface area (Å²) in [5.74, 6) is -0.936. The molecule has 0 bridgehead atoms. The highest BCUT2D eigenvalue weighted by molar-refractivity contribution is 5.88. The molecule has 2 rings (SSSR count). The smallest absolute Gasteiger partial charge is 0.412 e. The van der Waals surface area contributed by atoms with Crippen molar-refractivity contribution in [2.75, 3.05) is 12.4 Å². The van der Waals surface area contributed by atoms with Crippen LogP contribution in [0.25, 0.3) is 0 Å². The van der Waals surface area contributed by atoms with Crippen LogP contribution in [0.5, 0.6) is 11.5 Å². The third-order valence-corrected chi connectivity index (χ3v) is 3.89. The van der Waals surface area contributed by atoms with E-state index in [1.807, 2.05) is 0 Å². The minimum absolute atomic E-state index is 0.00714. The van der Waals surface area contributed by atoms with Crippen molar-refractivity contribution < 1.29 is 29.3 Å². The van der Waals surface area contributed by atoms with Gasteiger partial charge in [0.1, 0.15) is 5.60 Å². The number of carboxylic acids is 1. The minimum atomic E-state index is -0.888. The molecule has 0 unspecified atom stereocenters. The summed E-state index contributed by atoms with van der Waals surface area (Å²) in [4.78, 5) is 23.1. The molecular formula is C17H23NO6. The summed E-state index contributed by atoms with van der Waals surface area (Å²) in [6.07, 6.45) is 0.755. The number of benzene rings is 1. The van der Waals surface area contributed by atoms with Gasteiger partial charge in [-0.15, -0.1) is 0 Å². The predicted molar refractivity (Wildman–Crippen MR) is 87.7 cm³/mol. The van der Waals surface area contributed by atoms with Crippen molar-refractivity contribution in [3.8, 4) is 11.5 Å². The highest BCUT2D eigenvalue weighted by Crippen LogP contribution is 2.53. The number of aliphatic carboxylic acids is 1. The maximum Gasteiger partial charge on any atom is 0.412 e. The molecule has 1 aromatic carbocycles. The Morgan fingerprint density at radius 3 is 2.38 bits per heavy atom. The van der Waals surface area contributed by atoms with Gasteiger partial charge < -0.3 is 19.7 Å². The molecule has 0 spiro atoms. The molecule has 24 heavy (non-hydrogen) atoms. The maximum absolute atomic E-state index is 12.0. The largest absolute Gasteiger partial charge is 0.503 e. The van der Waals surface area contributed by atoms with Crippen LogP contribution >= 0.6 is 0 Å². The summed E-state index contributed by atoms with van der Waals surface area (Å²) in [7, 11) is 1.40. The summed E-state index contributed by atoms with van der Waals surface area (Å²) < 4.78 is 10.3. The van der Waals surface area contributed by atoms with Crippen molar-refractivity contribution in [1.82, 2.24) is 0 Å². The van der Waals surface area contributed by atoms with Gasteiger partial charge in [-0.25, -0.2) is 4.79 Å². The van der Waals surface area contributed by atoms with Crippen molar-refractivity contribution in [2.24, 2.45) is 0 Å². The van der Waals surface area contributed by atoms with E-state index in [0.717, 1.165) is 12.8 Å². The number of hydrogen-bond donors (Lipinski definition) is 3. The zero-order chi connectivity index (χ0) is 18.1. The first-order valence-electron chi connectivity index (χ1n) is 7.69. The Morgan fingerprint density at radius 1 is 1.29 bits per heavy atom. The first-order chi connectivity index (χ1) is 11.1. The molecule has 0 radical (unpaired) electrons. The molecule has 0 aromatic heterocycles. The lowest BCUT2D eigenvalue weighted by atomic mass is 9.91. The van der Waals surface area contributed by atoms with Crippen LogP contribution in [-0.4, -0.2) is 35.0 Å². The predicted octanol–water partition coefficient (Wildman–Crippen LogP) is 3.25. The highest BCUT2D eigenvalue weighted by Gasteiger charge is 2.46. The molecule has 0 atom stereocenters. The molecule has 132 valence electrons. The van der Waals surface area contributed by atoms with Gasteiger partial charge >= 0.3 is 12.1 Å². The molecular weight excluding hydrogens is 314 g/mol. The number of anilines is 1. The standard InChI is InChI=1S/C17H23NO6/c1-16(2,3)24-15(22)18-11-7-10(8-12(23-4)14(11)21)17(5-6-17)9-13(19)20/h7-8,21H,5-6,9H2,1-4H3,(H,18,22)(H,19,20). The van der Waals surface area contributed by atoms with Gasteiger partial charge in [0.2, 0.25) is 0 Å². The summed E-state index contributed by atoms with van der Waals surface area (Å²) in [6.45, 7) is 5.19. The summed E-state index contributed by atoms with van der Waals surface area (Å²) >= 11 is 0. The minimum Gasteiger partial charge on any atom is -0.503 e. The fourth-order valence-corrected chi connectivity index (χ4v) is 2.59. The maximum atomic E-state index is 12.0. The van der Waals surface area contributed by atoms with E-state index in [0.29, 0.717) is 5.56 Å². The quantitative estimate of drug-likeness (QED) is 0.712. The number of carbonyl (C=O) groups is 2. The van der Waals surface area contributed by atoms with Crippen LogP contribution < -0.4 is 10.1 Å². The van der Waals surface area contributed by atoms with Crippen LogP contribution in [0, 0.1) is 0 Å². The number of hydrogen-bond acceptors (Lipinski definition) is 5. The Labute approximate surface area is 140 Å². The van der Waals surface area contributed by atoms with Gasteiger partial charge in [0.05, 0.1) is 19.2 Å². The molecule has 0 saturated heterocycles. The molecule has 7 heteroatoms. The summed E-state index contributed by atoms with van der Waals surface area (Å²) in [5.41, 5.74) is -0.305. The van der Waals surface area contributed by atoms with Crippen LogP contribution in [0.3, 0.4) is 0 Å². The molecule has 0 aliphatic heterocycles.